The summed E-state index contributed by atoms with van der Waals surface area (Å²) in [5.74, 6) is -0.493. The number of carbonyl (C=O) groups excluding carboxylic acids is 1. The van der Waals surface area contributed by atoms with E-state index in [2.05, 4.69) is 0 Å². The third kappa shape index (κ3) is 3.82. The minimum absolute atomic E-state index is 0.167. The van der Waals surface area contributed by atoms with E-state index in [9.17, 15) is 25.0 Å². The highest BCUT2D eigenvalue weighted by atomic mass is 35.5. The van der Waals surface area contributed by atoms with Crippen LogP contribution in [0.25, 0.3) is 6.08 Å². The molecule has 8 nitrogen and oxygen atoms in total. The van der Waals surface area contributed by atoms with Crippen molar-refractivity contribution in [1.82, 2.24) is 0 Å². The standard InChI is InChI=1S/C16H8ClN3O5S2/c17-13-5-4-12(20(24)25)6-9(13)7-14-15(21)18(16(26)27-14)10-2-1-3-11(8-10)19(22)23/h1-8H/b14-7-. The average molecular weight is 422 g/mol. The lowest BCUT2D eigenvalue weighted by atomic mass is 10.2. The van der Waals surface area contributed by atoms with Crippen LogP contribution in [0.15, 0.2) is 47.4 Å². The van der Waals surface area contributed by atoms with Crippen molar-refractivity contribution in [3.8, 4) is 0 Å². The van der Waals surface area contributed by atoms with Gasteiger partial charge in [-0.25, -0.2) is 0 Å². The molecule has 1 heterocycles. The van der Waals surface area contributed by atoms with E-state index in [1.165, 1.54) is 53.4 Å². The Morgan fingerprint density at radius 3 is 2.41 bits per heavy atom. The van der Waals surface area contributed by atoms with E-state index in [-0.39, 0.29) is 31.3 Å². The minimum Gasteiger partial charge on any atom is -0.268 e. The second-order valence-corrected chi connectivity index (χ2v) is 7.34. The molecule has 0 bridgehead atoms. The number of hydrogen-bond donors (Lipinski definition) is 0. The first-order chi connectivity index (χ1) is 12.8. The Morgan fingerprint density at radius 1 is 1.07 bits per heavy atom. The topological polar surface area (TPSA) is 107 Å². The van der Waals surface area contributed by atoms with Crippen molar-refractivity contribution in [2.24, 2.45) is 0 Å². The Labute approximate surface area is 166 Å². The molecule has 1 aliphatic heterocycles. The molecule has 2 aromatic carbocycles. The summed E-state index contributed by atoms with van der Waals surface area (Å²) < 4.78 is 0.188. The lowest BCUT2D eigenvalue weighted by Gasteiger charge is -2.13. The summed E-state index contributed by atoms with van der Waals surface area (Å²) in [6.07, 6.45) is 1.41. The lowest BCUT2D eigenvalue weighted by molar-refractivity contribution is -0.385. The van der Waals surface area contributed by atoms with Crippen molar-refractivity contribution in [1.29, 1.82) is 0 Å². The van der Waals surface area contributed by atoms with E-state index >= 15 is 0 Å². The number of nitrogens with zero attached hydrogens (tertiary/aromatic N) is 3. The summed E-state index contributed by atoms with van der Waals surface area (Å²) >= 11 is 12.3. The molecule has 1 fully saturated rings. The first-order valence-corrected chi connectivity index (χ1v) is 8.84. The van der Waals surface area contributed by atoms with Crippen LogP contribution in [0.5, 0.6) is 0 Å². The minimum atomic E-state index is -0.570. The van der Waals surface area contributed by atoms with Gasteiger partial charge in [0.15, 0.2) is 4.32 Å². The molecule has 0 N–H and O–H groups in total. The van der Waals surface area contributed by atoms with E-state index < -0.39 is 15.8 Å². The summed E-state index contributed by atoms with van der Waals surface area (Å²) in [5.41, 5.74) is 0.220. The van der Waals surface area contributed by atoms with Gasteiger partial charge < -0.3 is 0 Å². The van der Waals surface area contributed by atoms with E-state index in [0.717, 1.165) is 11.8 Å². The number of halogens is 1. The van der Waals surface area contributed by atoms with Crippen molar-refractivity contribution >= 4 is 68.9 Å². The molecule has 1 aliphatic rings. The maximum absolute atomic E-state index is 12.7. The van der Waals surface area contributed by atoms with Gasteiger partial charge in [-0.05, 0) is 18.2 Å². The zero-order valence-corrected chi connectivity index (χ0v) is 15.6. The van der Waals surface area contributed by atoms with Crippen molar-refractivity contribution in [3.63, 3.8) is 0 Å². The van der Waals surface area contributed by atoms with Crippen LogP contribution in [0, 0.1) is 20.2 Å². The fourth-order valence-electron chi connectivity index (χ4n) is 2.33. The van der Waals surface area contributed by atoms with Gasteiger partial charge in [-0.1, -0.05) is 41.6 Å². The Bertz CT molecular complexity index is 1040. The number of benzene rings is 2. The van der Waals surface area contributed by atoms with Crippen molar-refractivity contribution in [3.05, 3.63) is 78.2 Å². The number of nitro groups is 2. The van der Waals surface area contributed by atoms with Gasteiger partial charge in [0.25, 0.3) is 17.3 Å². The number of non-ortho nitro benzene ring substituents is 2. The van der Waals surface area contributed by atoms with Gasteiger partial charge in [-0.15, -0.1) is 0 Å². The van der Waals surface area contributed by atoms with E-state index in [1.54, 1.807) is 0 Å². The van der Waals surface area contributed by atoms with Crippen LogP contribution in [0.1, 0.15) is 5.56 Å². The molecule has 0 aliphatic carbocycles. The maximum Gasteiger partial charge on any atom is 0.271 e. The number of amides is 1. The second-order valence-electron chi connectivity index (χ2n) is 5.26. The van der Waals surface area contributed by atoms with Gasteiger partial charge in [0.2, 0.25) is 0 Å². The summed E-state index contributed by atoms with van der Waals surface area (Å²) in [7, 11) is 0. The maximum atomic E-state index is 12.7. The van der Waals surface area contributed by atoms with E-state index in [0.29, 0.717) is 5.56 Å². The molecular formula is C16H8ClN3O5S2. The van der Waals surface area contributed by atoms with Gasteiger partial charge in [0.05, 0.1) is 20.4 Å². The van der Waals surface area contributed by atoms with Gasteiger partial charge in [-0.3, -0.25) is 29.9 Å². The molecule has 2 aromatic rings. The molecule has 3 rings (SSSR count). The van der Waals surface area contributed by atoms with Crippen LogP contribution < -0.4 is 4.90 Å². The molecule has 27 heavy (non-hydrogen) atoms. The van der Waals surface area contributed by atoms with Crippen LogP contribution >= 0.6 is 35.6 Å². The molecule has 0 unspecified atom stereocenters. The SMILES string of the molecule is O=C1/C(=C/c2cc([N+](=O)[O-])ccc2Cl)SC(=S)N1c1cccc([N+](=O)[O-])c1. The fourth-order valence-corrected chi connectivity index (χ4v) is 3.79. The molecule has 0 atom stereocenters. The van der Waals surface area contributed by atoms with E-state index in [1.807, 2.05) is 0 Å². The Balaban J connectivity index is 1.98. The zero-order valence-electron chi connectivity index (χ0n) is 13.2. The number of thiocarbonyl (C=S) groups is 1. The largest absolute Gasteiger partial charge is 0.271 e. The third-order valence-corrected chi connectivity index (χ3v) is 5.22. The third-order valence-electron chi connectivity index (χ3n) is 3.57. The van der Waals surface area contributed by atoms with Gasteiger partial charge in [0.1, 0.15) is 0 Å². The number of rotatable bonds is 4. The highest BCUT2D eigenvalue weighted by Gasteiger charge is 2.34. The van der Waals surface area contributed by atoms with Gasteiger partial charge in [0, 0.05) is 34.9 Å². The molecule has 0 spiro atoms. The number of carbonyl (C=O) groups is 1. The molecule has 1 amide bonds. The molecule has 136 valence electrons. The molecular weight excluding hydrogens is 414 g/mol. The number of anilines is 1. The predicted octanol–water partition coefficient (Wildman–Crippen LogP) is 4.56. The van der Waals surface area contributed by atoms with Crippen LogP contribution in [0.3, 0.4) is 0 Å². The molecule has 0 aromatic heterocycles. The zero-order chi connectivity index (χ0) is 19.7. The summed E-state index contributed by atoms with van der Waals surface area (Å²) in [6.45, 7) is 0. The number of thioether (sulfide) groups is 1. The van der Waals surface area contributed by atoms with Gasteiger partial charge >= 0.3 is 0 Å². The Hall–Kier alpha value is -2.82. The summed E-state index contributed by atoms with van der Waals surface area (Å²) in [4.78, 5) is 34.8. The van der Waals surface area contributed by atoms with Crippen LogP contribution in [-0.4, -0.2) is 20.1 Å². The fraction of sp³-hybridized carbons (Fsp3) is 0. The van der Waals surface area contributed by atoms with Crippen LogP contribution in [-0.2, 0) is 4.79 Å². The van der Waals surface area contributed by atoms with Crippen LogP contribution in [0.2, 0.25) is 5.02 Å². The van der Waals surface area contributed by atoms with Crippen LogP contribution in [0.4, 0.5) is 17.1 Å². The van der Waals surface area contributed by atoms with Crippen molar-refractivity contribution in [2.45, 2.75) is 0 Å². The van der Waals surface area contributed by atoms with E-state index in [4.69, 9.17) is 23.8 Å². The van der Waals surface area contributed by atoms with Crippen molar-refractivity contribution < 1.29 is 14.6 Å². The van der Waals surface area contributed by atoms with Crippen molar-refractivity contribution in [2.75, 3.05) is 4.90 Å². The average Bonchev–Trinajstić information content (AvgIpc) is 2.90. The quantitative estimate of drug-likeness (QED) is 0.308. The van der Waals surface area contributed by atoms with Gasteiger partial charge in [-0.2, -0.15) is 0 Å². The molecule has 0 radical (unpaired) electrons. The summed E-state index contributed by atoms with van der Waals surface area (Å²) in [5, 5.41) is 22.1. The normalized spacial score (nSPS) is 15.4. The lowest BCUT2D eigenvalue weighted by Crippen LogP contribution is -2.27. The smallest absolute Gasteiger partial charge is 0.268 e. The molecule has 0 saturated carbocycles. The monoisotopic (exact) mass is 421 g/mol. The Morgan fingerprint density at radius 2 is 1.74 bits per heavy atom. The highest BCUT2D eigenvalue weighted by molar-refractivity contribution is 8.27. The number of hydrogen-bond acceptors (Lipinski definition) is 7. The number of nitro benzene ring substituents is 2. The first kappa shape index (κ1) is 19.0. The summed E-state index contributed by atoms with van der Waals surface area (Å²) in [6, 6.07) is 9.41. The molecule has 1 saturated heterocycles. The highest BCUT2D eigenvalue weighted by Crippen LogP contribution is 2.38. The predicted molar refractivity (Wildman–Crippen MR) is 107 cm³/mol. The first-order valence-electron chi connectivity index (χ1n) is 7.24. The molecule has 11 heteroatoms. The Kier molecular flexibility index (Phi) is 5.22. The second kappa shape index (κ2) is 7.43.